The summed E-state index contributed by atoms with van der Waals surface area (Å²) >= 11 is 11.9. The van der Waals surface area contributed by atoms with Crippen LogP contribution in [-0.2, 0) is 9.59 Å². The first-order valence-corrected chi connectivity index (χ1v) is 10.1. The molecule has 0 radical (unpaired) electrons. The molecular formula is C23H18Cl2N2O3. The first-order chi connectivity index (χ1) is 14.5. The second-order valence-corrected chi connectivity index (χ2v) is 7.75. The van der Waals surface area contributed by atoms with Crippen LogP contribution in [-0.4, -0.2) is 18.4 Å². The first kappa shape index (κ1) is 20.3. The van der Waals surface area contributed by atoms with Gasteiger partial charge in [0.15, 0.2) is 0 Å². The van der Waals surface area contributed by atoms with Crippen molar-refractivity contribution in [3.63, 3.8) is 0 Å². The minimum Gasteiger partial charge on any atom is -0.457 e. The highest BCUT2D eigenvalue weighted by atomic mass is 35.5. The lowest BCUT2D eigenvalue weighted by atomic mass is 10.1. The second-order valence-electron chi connectivity index (χ2n) is 6.93. The van der Waals surface area contributed by atoms with Gasteiger partial charge in [0.25, 0.3) is 0 Å². The Labute approximate surface area is 184 Å². The molecule has 1 heterocycles. The molecule has 4 rings (SSSR count). The molecule has 0 spiro atoms. The number of anilines is 2. The van der Waals surface area contributed by atoms with Gasteiger partial charge in [-0.1, -0.05) is 41.4 Å². The van der Waals surface area contributed by atoms with Gasteiger partial charge in [-0.15, -0.1) is 0 Å². The summed E-state index contributed by atoms with van der Waals surface area (Å²) in [4.78, 5) is 26.7. The van der Waals surface area contributed by atoms with E-state index in [0.717, 1.165) is 11.4 Å². The maximum atomic E-state index is 12.6. The standard InChI is InChI=1S/C23H18Cl2N2O3/c24-20-11-6-16(13-21(20)25)26-23(29)15-12-22(28)27(14-15)17-7-9-19(10-8-17)30-18-4-2-1-3-5-18/h1-11,13,15H,12,14H2,(H,26,29). The van der Waals surface area contributed by atoms with Gasteiger partial charge in [-0.3, -0.25) is 9.59 Å². The zero-order chi connectivity index (χ0) is 21.1. The number of ether oxygens (including phenoxy) is 1. The van der Waals surface area contributed by atoms with E-state index in [1.807, 2.05) is 42.5 Å². The molecule has 1 N–H and O–H groups in total. The Morgan fingerprint density at radius 3 is 2.33 bits per heavy atom. The predicted octanol–water partition coefficient (Wildman–Crippen LogP) is 5.78. The van der Waals surface area contributed by atoms with Crippen LogP contribution in [0.5, 0.6) is 11.5 Å². The highest BCUT2D eigenvalue weighted by Crippen LogP contribution is 2.30. The van der Waals surface area contributed by atoms with E-state index in [2.05, 4.69) is 5.32 Å². The quantitative estimate of drug-likeness (QED) is 0.546. The van der Waals surface area contributed by atoms with Crippen molar-refractivity contribution in [2.45, 2.75) is 6.42 Å². The van der Waals surface area contributed by atoms with Crippen molar-refractivity contribution >= 4 is 46.4 Å². The van der Waals surface area contributed by atoms with Crippen LogP contribution in [0.2, 0.25) is 10.0 Å². The van der Waals surface area contributed by atoms with E-state index in [4.69, 9.17) is 27.9 Å². The summed E-state index contributed by atoms with van der Waals surface area (Å²) in [5.41, 5.74) is 1.27. The van der Waals surface area contributed by atoms with Crippen molar-refractivity contribution in [2.75, 3.05) is 16.8 Å². The summed E-state index contributed by atoms with van der Waals surface area (Å²) in [6.07, 6.45) is 0.148. The van der Waals surface area contributed by atoms with Crippen molar-refractivity contribution in [1.29, 1.82) is 0 Å². The molecular weight excluding hydrogens is 423 g/mol. The number of rotatable bonds is 5. The van der Waals surface area contributed by atoms with E-state index in [-0.39, 0.29) is 18.2 Å². The summed E-state index contributed by atoms with van der Waals surface area (Å²) in [5, 5.41) is 3.57. The van der Waals surface area contributed by atoms with Crippen LogP contribution in [0.15, 0.2) is 72.8 Å². The number of carbonyl (C=O) groups is 2. The average molecular weight is 441 g/mol. The smallest absolute Gasteiger partial charge is 0.229 e. The highest BCUT2D eigenvalue weighted by Gasteiger charge is 2.35. The number of carbonyl (C=O) groups excluding carboxylic acids is 2. The number of halogens is 2. The SMILES string of the molecule is O=C(Nc1ccc(Cl)c(Cl)c1)C1CC(=O)N(c2ccc(Oc3ccccc3)cc2)C1. The number of amides is 2. The fraction of sp³-hybridized carbons (Fsp3) is 0.130. The minimum atomic E-state index is -0.452. The molecule has 1 aliphatic heterocycles. The third-order valence-corrected chi connectivity index (χ3v) is 5.55. The Balaban J connectivity index is 1.40. The van der Waals surface area contributed by atoms with Crippen molar-refractivity contribution in [1.82, 2.24) is 0 Å². The molecule has 0 aliphatic carbocycles. The fourth-order valence-corrected chi connectivity index (χ4v) is 3.57. The summed E-state index contributed by atoms with van der Waals surface area (Å²) in [5.74, 6) is 0.633. The zero-order valence-corrected chi connectivity index (χ0v) is 17.4. The second kappa shape index (κ2) is 8.78. The normalized spacial score (nSPS) is 15.9. The van der Waals surface area contributed by atoms with Gasteiger partial charge in [0.2, 0.25) is 11.8 Å². The number of hydrogen-bond acceptors (Lipinski definition) is 3. The molecule has 1 unspecified atom stereocenters. The Bertz CT molecular complexity index is 1070. The van der Waals surface area contributed by atoms with Crippen LogP contribution in [0.3, 0.4) is 0 Å². The molecule has 1 fully saturated rings. The van der Waals surface area contributed by atoms with Gasteiger partial charge in [0, 0.05) is 24.3 Å². The molecule has 0 bridgehead atoms. The fourth-order valence-electron chi connectivity index (χ4n) is 3.27. The Kier molecular flexibility index (Phi) is 5.93. The monoisotopic (exact) mass is 440 g/mol. The lowest BCUT2D eigenvalue weighted by Gasteiger charge is -2.17. The number of nitrogens with one attached hydrogen (secondary N) is 1. The molecule has 2 amide bonds. The number of nitrogens with zero attached hydrogens (tertiary/aromatic N) is 1. The van der Waals surface area contributed by atoms with E-state index in [0.29, 0.717) is 28.0 Å². The summed E-state index contributed by atoms with van der Waals surface area (Å²) in [7, 11) is 0. The Morgan fingerprint density at radius 2 is 1.63 bits per heavy atom. The summed E-state index contributed by atoms with van der Waals surface area (Å²) < 4.78 is 5.78. The van der Waals surface area contributed by atoms with Crippen LogP contribution < -0.4 is 15.0 Å². The molecule has 0 aromatic heterocycles. The number of hydrogen-bond donors (Lipinski definition) is 1. The number of benzene rings is 3. The van der Waals surface area contributed by atoms with Crippen molar-refractivity contribution in [2.24, 2.45) is 5.92 Å². The van der Waals surface area contributed by atoms with E-state index in [9.17, 15) is 9.59 Å². The molecule has 30 heavy (non-hydrogen) atoms. The maximum absolute atomic E-state index is 12.6. The van der Waals surface area contributed by atoms with E-state index >= 15 is 0 Å². The van der Waals surface area contributed by atoms with E-state index in [1.54, 1.807) is 35.2 Å². The van der Waals surface area contributed by atoms with Crippen LogP contribution in [0.25, 0.3) is 0 Å². The summed E-state index contributed by atoms with van der Waals surface area (Å²) in [6, 6.07) is 21.6. The van der Waals surface area contributed by atoms with Gasteiger partial charge < -0.3 is 15.0 Å². The Morgan fingerprint density at radius 1 is 0.933 bits per heavy atom. The third-order valence-electron chi connectivity index (χ3n) is 4.81. The molecule has 152 valence electrons. The molecule has 5 nitrogen and oxygen atoms in total. The lowest BCUT2D eigenvalue weighted by molar-refractivity contribution is -0.122. The van der Waals surface area contributed by atoms with Crippen LogP contribution in [0.4, 0.5) is 11.4 Å². The van der Waals surface area contributed by atoms with Crippen molar-refractivity contribution in [3.8, 4) is 11.5 Å². The molecule has 1 saturated heterocycles. The lowest BCUT2D eigenvalue weighted by Crippen LogP contribution is -2.28. The molecule has 3 aromatic rings. The third kappa shape index (κ3) is 4.58. The van der Waals surface area contributed by atoms with Crippen LogP contribution >= 0.6 is 23.2 Å². The highest BCUT2D eigenvalue weighted by molar-refractivity contribution is 6.42. The van der Waals surface area contributed by atoms with Crippen molar-refractivity contribution < 1.29 is 14.3 Å². The van der Waals surface area contributed by atoms with E-state index < -0.39 is 5.92 Å². The first-order valence-electron chi connectivity index (χ1n) is 9.39. The van der Waals surface area contributed by atoms with Gasteiger partial charge in [-0.2, -0.15) is 0 Å². The largest absolute Gasteiger partial charge is 0.457 e. The topological polar surface area (TPSA) is 58.6 Å². The molecule has 3 aromatic carbocycles. The van der Waals surface area contributed by atoms with Crippen molar-refractivity contribution in [3.05, 3.63) is 82.8 Å². The van der Waals surface area contributed by atoms with Crippen LogP contribution in [0, 0.1) is 5.92 Å². The van der Waals surface area contributed by atoms with Crippen LogP contribution in [0.1, 0.15) is 6.42 Å². The van der Waals surface area contributed by atoms with Gasteiger partial charge in [0.1, 0.15) is 11.5 Å². The van der Waals surface area contributed by atoms with E-state index in [1.165, 1.54) is 0 Å². The molecule has 0 saturated carbocycles. The number of para-hydroxylation sites is 1. The van der Waals surface area contributed by atoms with Gasteiger partial charge >= 0.3 is 0 Å². The maximum Gasteiger partial charge on any atom is 0.229 e. The molecule has 7 heteroatoms. The molecule has 1 aliphatic rings. The summed E-state index contributed by atoms with van der Waals surface area (Å²) in [6.45, 7) is 0.310. The van der Waals surface area contributed by atoms with Gasteiger partial charge in [-0.05, 0) is 54.6 Å². The molecule has 1 atom stereocenters. The zero-order valence-electron chi connectivity index (χ0n) is 15.8. The minimum absolute atomic E-state index is 0.0963. The predicted molar refractivity (Wildman–Crippen MR) is 119 cm³/mol. The average Bonchev–Trinajstić information content (AvgIpc) is 3.14. The Hall–Kier alpha value is -3.02. The van der Waals surface area contributed by atoms with Gasteiger partial charge in [0.05, 0.1) is 16.0 Å². The van der Waals surface area contributed by atoms with Gasteiger partial charge in [-0.25, -0.2) is 0 Å².